The minimum Gasteiger partial charge on any atom is -0.166 e. The second kappa shape index (κ2) is 6.01. The van der Waals surface area contributed by atoms with Gasteiger partial charge in [-0.15, -0.1) is 11.6 Å². The van der Waals surface area contributed by atoms with E-state index >= 15 is 0 Å². The molecular formula is C16H13BrClF3. The Hall–Kier alpha value is -1.00. The van der Waals surface area contributed by atoms with E-state index in [1.54, 1.807) is 0 Å². The van der Waals surface area contributed by atoms with Gasteiger partial charge in [-0.2, -0.15) is 13.2 Å². The lowest BCUT2D eigenvalue weighted by atomic mass is 9.99. The smallest absolute Gasteiger partial charge is 0.166 e. The number of hydrogen-bond donors (Lipinski definition) is 0. The van der Waals surface area contributed by atoms with Gasteiger partial charge >= 0.3 is 6.18 Å². The molecule has 0 fully saturated rings. The molecule has 0 aliphatic carbocycles. The van der Waals surface area contributed by atoms with Crippen molar-refractivity contribution in [1.82, 2.24) is 0 Å². The van der Waals surface area contributed by atoms with Crippen LogP contribution in [-0.2, 0) is 6.18 Å². The van der Waals surface area contributed by atoms with Crippen LogP contribution in [0.4, 0.5) is 13.2 Å². The maximum absolute atomic E-state index is 12.8. The summed E-state index contributed by atoms with van der Waals surface area (Å²) in [5.74, 6) is 0. The van der Waals surface area contributed by atoms with Gasteiger partial charge in [0.1, 0.15) is 0 Å². The normalized spacial score (nSPS) is 13.3. The van der Waals surface area contributed by atoms with Crippen LogP contribution in [0, 0.1) is 13.8 Å². The Kier molecular flexibility index (Phi) is 4.69. The van der Waals surface area contributed by atoms with Crippen LogP contribution in [0.5, 0.6) is 0 Å². The molecule has 0 aliphatic rings. The molecular weight excluding hydrogens is 365 g/mol. The monoisotopic (exact) mass is 376 g/mol. The summed E-state index contributed by atoms with van der Waals surface area (Å²) in [4.78, 5) is 0. The van der Waals surface area contributed by atoms with E-state index in [2.05, 4.69) is 15.9 Å². The van der Waals surface area contributed by atoms with Crippen molar-refractivity contribution < 1.29 is 13.2 Å². The van der Waals surface area contributed by atoms with Crippen LogP contribution >= 0.6 is 27.5 Å². The first-order valence-corrected chi connectivity index (χ1v) is 7.51. The highest BCUT2D eigenvalue weighted by Crippen LogP contribution is 2.38. The van der Waals surface area contributed by atoms with Crippen LogP contribution in [0.25, 0.3) is 0 Å². The predicted octanol–water partition coefficient (Wildman–Crippen LogP) is 6.41. The molecule has 0 radical (unpaired) electrons. The molecule has 0 aliphatic heterocycles. The first-order valence-electron chi connectivity index (χ1n) is 6.28. The molecule has 0 nitrogen and oxygen atoms in total. The highest BCUT2D eigenvalue weighted by atomic mass is 79.9. The number of benzene rings is 2. The van der Waals surface area contributed by atoms with E-state index in [4.69, 9.17) is 11.6 Å². The van der Waals surface area contributed by atoms with Gasteiger partial charge in [-0.3, -0.25) is 0 Å². The van der Waals surface area contributed by atoms with Crippen molar-refractivity contribution in [3.8, 4) is 0 Å². The summed E-state index contributed by atoms with van der Waals surface area (Å²) < 4.78 is 39.0. The SMILES string of the molecule is Cc1ccc(C(Cl)c2cc(C(F)(F)F)ccc2Br)cc1C. The van der Waals surface area contributed by atoms with Crippen molar-refractivity contribution in [3.63, 3.8) is 0 Å². The van der Waals surface area contributed by atoms with Gasteiger partial charge in [0.05, 0.1) is 10.9 Å². The van der Waals surface area contributed by atoms with Gasteiger partial charge in [0.15, 0.2) is 0 Å². The third-order valence-corrected chi connectivity index (χ3v) is 4.63. The zero-order valence-electron chi connectivity index (χ0n) is 11.4. The standard InChI is InChI=1S/C16H13BrClF3/c1-9-3-4-11(7-10(9)2)15(18)13-8-12(16(19,20)21)5-6-14(13)17/h3-8,15H,1-2H3. The average molecular weight is 378 g/mol. The number of halogens is 5. The minimum atomic E-state index is -4.38. The molecule has 0 heterocycles. The molecule has 2 rings (SSSR count). The summed E-state index contributed by atoms with van der Waals surface area (Å²) in [7, 11) is 0. The van der Waals surface area contributed by atoms with Crippen LogP contribution in [0.3, 0.4) is 0 Å². The second-order valence-electron chi connectivity index (χ2n) is 4.94. The highest BCUT2D eigenvalue weighted by molar-refractivity contribution is 9.10. The van der Waals surface area contributed by atoms with Crippen molar-refractivity contribution in [2.24, 2.45) is 0 Å². The van der Waals surface area contributed by atoms with Crippen molar-refractivity contribution in [2.45, 2.75) is 25.4 Å². The van der Waals surface area contributed by atoms with Crippen LogP contribution in [0.1, 0.15) is 33.2 Å². The molecule has 2 aromatic carbocycles. The number of rotatable bonds is 2. The summed E-state index contributed by atoms with van der Waals surface area (Å²) in [6.45, 7) is 3.92. The fraction of sp³-hybridized carbons (Fsp3) is 0.250. The lowest BCUT2D eigenvalue weighted by molar-refractivity contribution is -0.137. The average Bonchev–Trinajstić information content (AvgIpc) is 2.40. The Morgan fingerprint density at radius 2 is 1.67 bits per heavy atom. The molecule has 1 atom stereocenters. The van der Waals surface area contributed by atoms with Gasteiger partial charge in [0, 0.05) is 4.47 Å². The molecule has 0 bridgehead atoms. The van der Waals surface area contributed by atoms with Crippen LogP contribution < -0.4 is 0 Å². The van der Waals surface area contributed by atoms with Crippen LogP contribution in [-0.4, -0.2) is 0 Å². The van der Waals surface area contributed by atoms with Crippen LogP contribution in [0.15, 0.2) is 40.9 Å². The summed E-state index contributed by atoms with van der Waals surface area (Å²) in [5, 5.41) is -0.638. The van der Waals surface area contributed by atoms with E-state index in [-0.39, 0.29) is 0 Å². The van der Waals surface area contributed by atoms with Gasteiger partial charge in [-0.05, 0) is 54.3 Å². The van der Waals surface area contributed by atoms with Crippen molar-refractivity contribution >= 4 is 27.5 Å². The molecule has 0 spiro atoms. The van der Waals surface area contributed by atoms with Crippen LogP contribution in [0.2, 0.25) is 0 Å². The molecule has 21 heavy (non-hydrogen) atoms. The Morgan fingerprint density at radius 3 is 2.24 bits per heavy atom. The zero-order valence-corrected chi connectivity index (χ0v) is 13.8. The Morgan fingerprint density at radius 1 is 1.00 bits per heavy atom. The lowest BCUT2D eigenvalue weighted by Crippen LogP contribution is -2.06. The van der Waals surface area contributed by atoms with Gasteiger partial charge in [-0.25, -0.2) is 0 Å². The topological polar surface area (TPSA) is 0 Å². The van der Waals surface area contributed by atoms with Crippen molar-refractivity contribution in [2.75, 3.05) is 0 Å². The molecule has 0 saturated carbocycles. The second-order valence-corrected chi connectivity index (χ2v) is 6.23. The summed E-state index contributed by atoms with van der Waals surface area (Å²) in [6.07, 6.45) is -4.38. The molecule has 1 unspecified atom stereocenters. The van der Waals surface area contributed by atoms with E-state index in [9.17, 15) is 13.2 Å². The molecule has 0 saturated heterocycles. The van der Waals surface area contributed by atoms with Gasteiger partial charge < -0.3 is 0 Å². The zero-order chi connectivity index (χ0) is 15.8. The summed E-state index contributed by atoms with van der Waals surface area (Å²) in [6, 6.07) is 9.18. The third kappa shape index (κ3) is 3.61. The highest BCUT2D eigenvalue weighted by Gasteiger charge is 2.31. The van der Waals surface area contributed by atoms with E-state index < -0.39 is 17.1 Å². The molecule has 0 N–H and O–H groups in total. The molecule has 0 amide bonds. The third-order valence-electron chi connectivity index (χ3n) is 3.42. The van der Waals surface area contributed by atoms with Gasteiger partial charge in [0.25, 0.3) is 0 Å². The maximum Gasteiger partial charge on any atom is 0.416 e. The maximum atomic E-state index is 12.8. The van der Waals surface area contributed by atoms with Gasteiger partial charge in [-0.1, -0.05) is 34.1 Å². The molecule has 0 aromatic heterocycles. The van der Waals surface area contributed by atoms with E-state index in [1.165, 1.54) is 6.07 Å². The Labute approximate surface area is 135 Å². The lowest BCUT2D eigenvalue weighted by Gasteiger charge is -2.16. The van der Waals surface area contributed by atoms with Gasteiger partial charge in [0.2, 0.25) is 0 Å². The molecule has 2 aromatic rings. The number of hydrogen-bond acceptors (Lipinski definition) is 0. The van der Waals surface area contributed by atoms with Crippen molar-refractivity contribution in [3.05, 3.63) is 68.7 Å². The minimum absolute atomic E-state index is 0.412. The van der Waals surface area contributed by atoms with E-state index in [0.717, 1.165) is 28.8 Å². The quantitative estimate of drug-likeness (QED) is 0.530. The predicted molar refractivity (Wildman–Crippen MR) is 82.8 cm³/mol. The Bertz CT molecular complexity index is 665. The summed E-state index contributed by atoms with van der Waals surface area (Å²) >= 11 is 9.66. The molecule has 112 valence electrons. The Balaban J connectivity index is 2.47. The fourth-order valence-corrected chi connectivity index (χ4v) is 2.94. The largest absolute Gasteiger partial charge is 0.416 e. The van der Waals surface area contributed by atoms with Crippen molar-refractivity contribution in [1.29, 1.82) is 0 Å². The van der Waals surface area contributed by atoms with E-state index in [1.807, 2.05) is 32.0 Å². The number of alkyl halides is 4. The molecule has 5 heteroatoms. The first-order chi connectivity index (χ1) is 9.70. The number of aryl methyl sites for hydroxylation is 2. The first kappa shape index (κ1) is 16.4. The fourth-order valence-electron chi connectivity index (χ4n) is 2.02. The van der Waals surface area contributed by atoms with E-state index in [0.29, 0.717) is 10.0 Å². The summed E-state index contributed by atoms with van der Waals surface area (Å²) in [5.41, 5.74) is 2.66.